The van der Waals surface area contributed by atoms with Crippen LogP contribution in [-0.2, 0) is 6.42 Å². The first-order chi connectivity index (χ1) is 6.28. The topological polar surface area (TPSA) is 9.23 Å². The maximum absolute atomic E-state index is 5.06. The van der Waals surface area contributed by atoms with Gasteiger partial charge < -0.3 is 4.74 Å². The third kappa shape index (κ3) is 5.29. The van der Waals surface area contributed by atoms with Gasteiger partial charge in [0.25, 0.3) is 0 Å². The number of ether oxygens (including phenoxy) is 1. The third-order valence-electron chi connectivity index (χ3n) is 1.54. The van der Waals surface area contributed by atoms with Crippen molar-refractivity contribution in [3.63, 3.8) is 0 Å². The highest BCUT2D eigenvalue weighted by molar-refractivity contribution is 5.28. The van der Waals surface area contributed by atoms with Crippen LogP contribution in [0.25, 0.3) is 0 Å². The van der Waals surface area contributed by atoms with Crippen molar-refractivity contribution in [1.82, 2.24) is 0 Å². The van der Waals surface area contributed by atoms with Crippen LogP contribution in [0.15, 0.2) is 24.3 Å². The highest BCUT2D eigenvalue weighted by Gasteiger charge is 1.90. The number of aryl methyl sites for hydroxylation is 1. The van der Waals surface area contributed by atoms with Crippen LogP contribution in [0.5, 0.6) is 5.75 Å². The third-order valence-corrected chi connectivity index (χ3v) is 1.54. The fraction of sp³-hybridized carbons (Fsp3) is 0.500. The Kier molecular flexibility index (Phi) is 7.08. The van der Waals surface area contributed by atoms with Gasteiger partial charge in [0.05, 0.1) is 7.11 Å². The van der Waals surface area contributed by atoms with Gasteiger partial charge in [0.2, 0.25) is 0 Å². The molecule has 0 fully saturated rings. The van der Waals surface area contributed by atoms with E-state index >= 15 is 0 Å². The molecule has 0 aromatic heterocycles. The largest absolute Gasteiger partial charge is 0.497 e. The van der Waals surface area contributed by atoms with Gasteiger partial charge in [-0.05, 0) is 24.1 Å². The second-order valence-corrected chi connectivity index (χ2v) is 2.91. The Morgan fingerprint density at radius 1 is 1.15 bits per heavy atom. The van der Waals surface area contributed by atoms with E-state index in [2.05, 4.69) is 32.9 Å². The molecule has 13 heavy (non-hydrogen) atoms. The smallest absolute Gasteiger partial charge is 0.119 e. The number of rotatable bonds is 2. The van der Waals surface area contributed by atoms with Crippen molar-refractivity contribution in [2.45, 2.75) is 33.6 Å². The zero-order valence-electron chi connectivity index (χ0n) is 9.13. The van der Waals surface area contributed by atoms with Gasteiger partial charge >= 0.3 is 0 Å². The van der Waals surface area contributed by atoms with Crippen molar-refractivity contribution >= 4 is 0 Å². The standard InChI is InChI=1S/C9H12O.C3H8/c1-3-8-5-4-6-9(7-8)10-2;1-3-2/h4-7H,3H2,1-2H3;3H2,1-2H3. The molecule has 0 atom stereocenters. The van der Waals surface area contributed by atoms with Crippen LogP contribution >= 0.6 is 0 Å². The molecule has 0 amide bonds. The van der Waals surface area contributed by atoms with E-state index in [0.29, 0.717) is 0 Å². The van der Waals surface area contributed by atoms with Gasteiger partial charge in [0.1, 0.15) is 5.75 Å². The first-order valence-electron chi connectivity index (χ1n) is 4.91. The Morgan fingerprint density at radius 3 is 2.23 bits per heavy atom. The lowest BCUT2D eigenvalue weighted by Gasteiger charge is -2.00. The summed E-state index contributed by atoms with van der Waals surface area (Å²) < 4.78 is 5.06. The second-order valence-electron chi connectivity index (χ2n) is 2.91. The van der Waals surface area contributed by atoms with E-state index < -0.39 is 0 Å². The summed E-state index contributed by atoms with van der Waals surface area (Å²) in [4.78, 5) is 0. The van der Waals surface area contributed by atoms with Crippen LogP contribution in [-0.4, -0.2) is 7.11 Å². The molecule has 0 aliphatic heterocycles. The van der Waals surface area contributed by atoms with E-state index in [1.54, 1.807) is 7.11 Å². The van der Waals surface area contributed by atoms with Crippen LogP contribution < -0.4 is 4.74 Å². The molecule has 0 saturated carbocycles. The molecule has 0 unspecified atom stereocenters. The molecule has 0 aliphatic carbocycles. The summed E-state index contributed by atoms with van der Waals surface area (Å²) in [6.07, 6.45) is 2.32. The van der Waals surface area contributed by atoms with E-state index in [4.69, 9.17) is 4.74 Å². The highest BCUT2D eigenvalue weighted by Crippen LogP contribution is 2.12. The predicted molar refractivity (Wildman–Crippen MR) is 58.3 cm³/mol. The van der Waals surface area contributed by atoms with E-state index in [-0.39, 0.29) is 0 Å². The Balaban J connectivity index is 0.000000424. The Morgan fingerprint density at radius 2 is 1.77 bits per heavy atom. The highest BCUT2D eigenvalue weighted by atomic mass is 16.5. The van der Waals surface area contributed by atoms with Crippen molar-refractivity contribution in [1.29, 1.82) is 0 Å². The number of benzene rings is 1. The molecule has 0 heterocycles. The number of methoxy groups -OCH3 is 1. The maximum Gasteiger partial charge on any atom is 0.119 e. The van der Waals surface area contributed by atoms with Crippen LogP contribution in [0.4, 0.5) is 0 Å². The van der Waals surface area contributed by atoms with Crippen molar-refractivity contribution in [2.75, 3.05) is 7.11 Å². The minimum absolute atomic E-state index is 0.944. The maximum atomic E-state index is 5.06. The monoisotopic (exact) mass is 180 g/mol. The lowest BCUT2D eigenvalue weighted by atomic mass is 10.2. The molecular formula is C12H20O. The van der Waals surface area contributed by atoms with Crippen molar-refractivity contribution in [3.8, 4) is 5.75 Å². The summed E-state index contributed by atoms with van der Waals surface area (Å²) in [5, 5.41) is 0. The normalized spacial score (nSPS) is 8.62. The molecule has 1 nitrogen and oxygen atoms in total. The Labute approximate surface area is 81.7 Å². The van der Waals surface area contributed by atoms with E-state index in [9.17, 15) is 0 Å². The van der Waals surface area contributed by atoms with Crippen LogP contribution in [0.1, 0.15) is 32.8 Å². The fourth-order valence-corrected chi connectivity index (χ4v) is 0.892. The van der Waals surface area contributed by atoms with Gasteiger partial charge in [-0.3, -0.25) is 0 Å². The van der Waals surface area contributed by atoms with Gasteiger partial charge in [0.15, 0.2) is 0 Å². The molecule has 74 valence electrons. The van der Waals surface area contributed by atoms with Gasteiger partial charge in [-0.1, -0.05) is 39.3 Å². The summed E-state index contributed by atoms with van der Waals surface area (Å²) in [6.45, 7) is 6.38. The molecule has 1 heteroatoms. The molecule has 1 aromatic carbocycles. The van der Waals surface area contributed by atoms with Crippen molar-refractivity contribution in [2.24, 2.45) is 0 Å². The van der Waals surface area contributed by atoms with Gasteiger partial charge in [-0.15, -0.1) is 0 Å². The zero-order valence-corrected chi connectivity index (χ0v) is 9.13. The summed E-state index contributed by atoms with van der Waals surface area (Å²) in [7, 11) is 1.69. The summed E-state index contributed by atoms with van der Waals surface area (Å²) in [5.74, 6) is 0.944. The number of hydrogen-bond acceptors (Lipinski definition) is 1. The van der Waals surface area contributed by atoms with E-state index in [1.807, 2.05) is 12.1 Å². The Bertz CT molecular complexity index is 199. The molecule has 0 bridgehead atoms. The van der Waals surface area contributed by atoms with Gasteiger partial charge in [-0.25, -0.2) is 0 Å². The molecule has 0 saturated heterocycles. The molecule has 0 aliphatic rings. The average Bonchev–Trinajstić information content (AvgIpc) is 2.19. The molecule has 0 N–H and O–H groups in total. The van der Waals surface area contributed by atoms with Crippen LogP contribution in [0, 0.1) is 0 Å². The van der Waals surface area contributed by atoms with Crippen LogP contribution in [0.2, 0.25) is 0 Å². The summed E-state index contributed by atoms with van der Waals surface area (Å²) >= 11 is 0. The zero-order chi connectivity index (χ0) is 10.1. The number of hydrogen-bond donors (Lipinski definition) is 0. The first-order valence-corrected chi connectivity index (χ1v) is 4.91. The molecule has 1 aromatic rings. The minimum atomic E-state index is 0.944. The first kappa shape index (κ1) is 12.0. The van der Waals surface area contributed by atoms with Crippen molar-refractivity contribution < 1.29 is 4.74 Å². The molecular weight excluding hydrogens is 160 g/mol. The minimum Gasteiger partial charge on any atom is -0.497 e. The lowest BCUT2D eigenvalue weighted by Crippen LogP contribution is -1.84. The van der Waals surface area contributed by atoms with Gasteiger partial charge in [0, 0.05) is 0 Å². The predicted octanol–water partition coefficient (Wildman–Crippen LogP) is 3.67. The molecule has 1 rings (SSSR count). The van der Waals surface area contributed by atoms with E-state index in [1.165, 1.54) is 12.0 Å². The SMILES string of the molecule is CCC.CCc1cccc(OC)c1. The fourth-order valence-electron chi connectivity index (χ4n) is 0.892. The van der Waals surface area contributed by atoms with Crippen LogP contribution in [0.3, 0.4) is 0 Å². The lowest BCUT2D eigenvalue weighted by molar-refractivity contribution is 0.414. The second kappa shape index (κ2) is 7.66. The summed E-state index contributed by atoms with van der Waals surface area (Å²) in [5.41, 5.74) is 1.32. The average molecular weight is 180 g/mol. The molecule has 0 radical (unpaired) electrons. The summed E-state index contributed by atoms with van der Waals surface area (Å²) in [6, 6.07) is 8.12. The van der Waals surface area contributed by atoms with Crippen molar-refractivity contribution in [3.05, 3.63) is 29.8 Å². The van der Waals surface area contributed by atoms with E-state index in [0.717, 1.165) is 12.2 Å². The molecule has 0 spiro atoms. The van der Waals surface area contributed by atoms with Gasteiger partial charge in [-0.2, -0.15) is 0 Å². The quantitative estimate of drug-likeness (QED) is 0.674. The Hall–Kier alpha value is -0.980.